The molecule has 0 aliphatic rings. The lowest BCUT2D eigenvalue weighted by molar-refractivity contribution is 0.251. The monoisotopic (exact) mass is 386 g/mol. The van der Waals surface area contributed by atoms with Gasteiger partial charge in [0.2, 0.25) is 0 Å². The number of aliphatic hydroxyl groups excluding tert-OH is 1. The summed E-state index contributed by atoms with van der Waals surface area (Å²) in [6.45, 7) is 10.6. The molecule has 0 bridgehead atoms. The fourth-order valence-corrected chi connectivity index (χ4v) is 3.19. The standard InChI is InChI=1S/C21H34N6O/c1-5-7-18(10-11-28)13-24-21(22-6-2)25-15-19-8-9-20(23-14-19)27-17(4)12-16(3)26-27/h8-9,12,14,18,28H,5-7,10-11,13,15H2,1-4H3,(H2,22,24,25). The molecule has 28 heavy (non-hydrogen) atoms. The van der Waals surface area contributed by atoms with Gasteiger partial charge in [-0.25, -0.2) is 14.7 Å². The second-order valence-corrected chi connectivity index (χ2v) is 7.11. The smallest absolute Gasteiger partial charge is 0.191 e. The Hall–Kier alpha value is -2.41. The highest BCUT2D eigenvalue weighted by Crippen LogP contribution is 2.11. The molecule has 2 aromatic heterocycles. The maximum atomic E-state index is 9.22. The topological polar surface area (TPSA) is 87.4 Å². The van der Waals surface area contributed by atoms with Crippen molar-refractivity contribution in [3.63, 3.8) is 0 Å². The van der Waals surface area contributed by atoms with Crippen molar-refractivity contribution in [3.8, 4) is 5.82 Å². The largest absolute Gasteiger partial charge is 0.396 e. The summed E-state index contributed by atoms with van der Waals surface area (Å²) in [5.74, 6) is 2.07. The Labute approximate surface area is 168 Å². The van der Waals surface area contributed by atoms with Crippen LogP contribution in [0, 0.1) is 19.8 Å². The van der Waals surface area contributed by atoms with Gasteiger partial charge in [-0.2, -0.15) is 5.10 Å². The average Bonchev–Trinajstić information content (AvgIpc) is 3.02. The molecule has 1 unspecified atom stereocenters. The molecular formula is C21H34N6O. The van der Waals surface area contributed by atoms with Crippen molar-refractivity contribution in [3.05, 3.63) is 41.3 Å². The minimum atomic E-state index is 0.229. The summed E-state index contributed by atoms with van der Waals surface area (Å²) in [4.78, 5) is 9.20. The van der Waals surface area contributed by atoms with Crippen LogP contribution in [0.4, 0.5) is 0 Å². The SMILES string of the molecule is CCCC(CCO)CNC(=NCc1ccc(-n2nc(C)cc2C)nc1)NCC. The first-order valence-corrected chi connectivity index (χ1v) is 10.2. The molecule has 0 saturated carbocycles. The highest BCUT2D eigenvalue weighted by Gasteiger charge is 2.09. The molecular weight excluding hydrogens is 352 g/mol. The number of aromatic nitrogens is 3. The quantitative estimate of drug-likeness (QED) is 0.432. The predicted molar refractivity (Wildman–Crippen MR) is 114 cm³/mol. The summed E-state index contributed by atoms with van der Waals surface area (Å²) >= 11 is 0. The van der Waals surface area contributed by atoms with Gasteiger partial charge in [0.15, 0.2) is 11.8 Å². The van der Waals surface area contributed by atoms with Gasteiger partial charge in [0.1, 0.15) is 0 Å². The van der Waals surface area contributed by atoms with Crippen molar-refractivity contribution < 1.29 is 5.11 Å². The zero-order valence-corrected chi connectivity index (χ0v) is 17.6. The van der Waals surface area contributed by atoms with Gasteiger partial charge in [0, 0.05) is 31.6 Å². The molecule has 2 aromatic rings. The lowest BCUT2D eigenvalue weighted by Crippen LogP contribution is -2.40. The van der Waals surface area contributed by atoms with E-state index in [1.807, 2.05) is 42.9 Å². The number of hydrogen-bond acceptors (Lipinski definition) is 4. The van der Waals surface area contributed by atoms with Gasteiger partial charge in [-0.3, -0.25) is 0 Å². The molecule has 3 N–H and O–H groups in total. The number of aryl methyl sites for hydroxylation is 2. The number of hydrogen-bond donors (Lipinski definition) is 3. The van der Waals surface area contributed by atoms with Crippen LogP contribution in [0.1, 0.15) is 50.1 Å². The number of nitrogens with zero attached hydrogens (tertiary/aromatic N) is 4. The van der Waals surface area contributed by atoms with Crippen molar-refractivity contribution in [2.24, 2.45) is 10.9 Å². The van der Waals surface area contributed by atoms with Crippen molar-refractivity contribution in [1.82, 2.24) is 25.4 Å². The van der Waals surface area contributed by atoms with E-state index in [-0.39, 0.29) is 6.61 Å². The van der Waals surface area contributed by atoms with Gasteiger partial charge in [-0.15, -0.1) is 0 Å². The molecule has 0 spiro atoms. The fourth-order valence-electron chi connectivity index (χ4n) is 3.19. The van der Waals surface area contributed by atoms with Crippen LogP contribution in [0.3, 0.4) is 0 Å². The third-order valence-electron chi connectivity index (χ3n) is 4.59. The second kappa shape index (κ2) is 11.4. The minimum Gasteiger partial charge on any atom is -0.396 e. The van der Waals surface area contributed by atoms with Crippen molar-refractivity contribution in [1.29, 1.82) is 0 Å². The highest BCUT2D eigenvalue weighted by atomic mass is 16.3. The van der Waals surface area contributed by atoms with Gasteiger partial charge in [-0.05, 0) is 57.2 Å². The summed E-state index contributed by atoms with van der Waals surface area (Å²) in [5.41, 5.74) is 3.10. The Morgan fingerprint density at radius 1 is 1.21 bits per heavy atom. The van der Waals surface area contributed by atoms with Gasteiger partial charge >= 0.3 is 0 Å². The number of aliphatic hydroxyl groups is 1. The molecule has 0 aliphatic carbocycles. The molecule has 0 amide bonds. The van der Waals surface area contributed by atoms with E-state index in [0.29, 0.717) is 12.5 Å². The van der Waals surface area contributed by atoms with E-state index in [2.05, 4.69) is 39.6 Å². The molecule has 1 atom stereocenters. The van der Waals surface area contributed by atoms with Crippen LogP contribution in [-0.4, -0.2) is 45.5 Å². The summed E-state index contributed by atoms with van der Waals surface area (Å²) in [7, 11) is 0. The minimum absolute atomic E-state index is 0.229. The Kier molecular flexibility index (Phi) is 8.94. The Bertz CT molecular complexity index is 732. The first kappa shape index (κ1) is 21.9. The second-order valence-electron chi connectivity index (χ2n) is 7.11. The van der Waals surface area contributed by atoms with E-state index >= 15 is 0 Å². The number of rotatable bonds is 10. The van der Waals surface area contributed by atoms with Crippen LogP contribution < -0.4 is 10.6 Å². The van der Waals surface area contributed by atoms with E-state index < -0.39 is 0 Å². The lowest BCUT2D eigenvalue weighted by atomic mass is 10.0. The van der Waals surface area contributed by atoms with Crippen LogP contribution >= 0.6 is 0 Å². The summed E-state index contributed by atoms with van der Waals surface area (Å²) < 4.78 is 1.85. The predicted octanol–water partition coefficient (Wildman–Crippen LogP) is 2.74. The third kappa shape index (κ3) is 6.64. The Morgan fingerprint density at radius 3 is 2.61 bits per heavy atom. The van der Waals surface area contributed by atoms with Crippen LogP contribution in [-0.2, 0) is 6.54 Å². The zero-order chi connectivity index (χ0) is 20.4. The normalized spacial score (nSPS) is 12.8. The van der Waals surface area contributed by atoms with Gasteiger partial charge in [0.25, 0.3) is 0 Å². The molecule has 2 heterocycles. The first-order chi connectivity index (χ1) is 13.6. The van der Waals surface area contributed by atoms with E-state index in [1.165, 1.54) is 0 Å². The molecule has 7 heteroatoms. The maximum absolute atomic E-state index is 9.22. The lowest BCUT2D eigenvalue weighted by Gasteiger charge is -2.18. The first-order valence-electron chi connectivity index (χ1n) is 10.2. The molecule has 154 valence electrons. The Morgan fingerprint density at radius 2 is 2.04 bits per heavy atom. The number of nitrogens with one attached hydrogen (secondary N) is 2. The summed E-state index contributed by atoms with van der Waals surface area (Å²) in [6, 6.07) is 6.05. The highest BCUT2D eigenvalue weighted by molar-refractivity contribution is 5.79. The average molecular weight is 387 g/mol. The van der Waals surface area contributed by atoms with E-state index in [1.54, 1.807) is 0 Å². The van der Waals surface area contributed by atoms with Gasteiger partial charge < -0.3 is 15.7 Å². The molecule has 0 fully saturated rings. The molecule has 0 aromatic carbocycles. The van der Waals surface area contributed by atoms with Crippen molar-refractivity contribution in [2.45, 2.75) is 53.5 Å². The van der Waals surface area contributed by atoms with E-state index in [9.17, 15) is 5.11 Å². The third-order valence-corrected chi connectivity index (χ3v) is 4.59. The number of pyridine rings is 1. The van der Waals surface area contributed by atoms with E-state index in [0.717, 1.165) is 61.1 Å². The van der Waals surface area contributed by atoms with Crippen molar-refractivity contribution >= 4 is 5.96 Å². The Balaban J connectivity index is 1.98. The van der Waals surface area contributed by atoms with Gasteiger partial charge in [-0.1, -0.05) is 19.4 Å². The van der Waals surface area contributed by atoms with Crippen LogP contribution in [0.25, 0.3) is 5.82 Å². The molecule has 0 radical (unpaired) electrons. The zero-order valence-electron chi connectivity index (χ0n) is 17.6. The van der Waals surface area contributed by atoms with Crippen molar-refractivity contribution in [2.75, 3.05) is 19.7 Å². The molecule has 2 rings (SSSR count). The number of guanidine groups is 1. The van der Waals surface area contributed by atoms with E-state index in [4.69, 9.17) is 0 Å². The molecule has 7 nitrogen and oxygen atoms in total. The van der Waals surface area contributed by atoms with Gasteiger partial charge in [0.05, 0.1) is 12.2 Å². The summed E-state index contributed by atoms with van der Waals surface area (Å²) in [5, 5.41) is 20.4. The van der Waals surface area contributed by atoms with Crippen LogP contribution in [0.15, 0.2) is 29.4 Å². The maximum Gasteiger partial charge on any atom is 0.191 e. The fraction of sp³-hybridized carbons (Fsp3) is 0.571. The van der Waals surface area contributed by atoms with Crippen LogP contribution in [0.2, 0.25) is 0 Å². The summed E-state index contributed by atoms with van der Waals surface area (Å²) in [6.07, 6.45) is 4.89. The van der Waals surface area contributed by atoms with Crippen LogP contribution in [0.5, 0.6) is 0 Å². The molecule has 0 saturated heterocycles. The molecule has 0 aliphatic heterocycles. The number of aliphatic imine (C=N–C) groups is 1.